The zero-order valence-corrected chi connectivity index (χ0v) is 15.7. The van der Waals surface area contributed by atoms with Crippen molar-refractivity contribution in [3.8, 4) is 0 Å². The maximum atomic E-state index is 12.8. The van der Waals surface area contributed by atoms with Gasteiger partial charge in [0.05, 0.1) is 17.4 Å². The Kier molecular flexibility index (Phi) is 3.86. The van der Waals surface area contributed by atoms with Crippen molar-refractivity contribution in [3.63, 3.8) is 0 Å². The predicted octanol–water partition coefficient (Wildman–Crippen LogP) is 3.96. The van der Waals surface area contributed by atoms with E-state index in [9.17, 15) is 4.79 Å². The largest absolute Gasteiger partial charge is 0.360 e. The summed E-state index contributed by atoms with van der Waals surface area (Å²) in [6, 6.07) is 5.68. The molecule has 0 saturated heterocycles. The van der Waals surface area contributed by atoms with Crippen LogP contribution >= 0.6 is 0 Å². The van der Waals surface area contributed by atoms with Crippen molar-refractivity contribution in [2.75, 3.05) is 5.32 Å². The van der Waals surface area contributed by atoms with Crippen LogP contribution < -0.4 is 5.32 Å². The predicted molar refractivity (Wildman–Crippen MR) is 100 cm³/mol. The number of carbonyl (C=O) groups is 1. The first-order valence-electron chi connectivity index (χ1n) is 9.03. The average Bonchev–Trinajstić information content (AvgIpc) is 3.17. The highest BCUT2D eigenvalue weighted by molar-refractivity contribution is 6.04. The second kappa shape index (κ2) is 5.97. The van der Waals surface area contributed by atoms with Gasteiger partial charge in [-0.2, -0.15) is 0 Å². The number of fused-ring (bicyclic) bond motifs is 2. The zero-order valence-electron chi connectivity index (χ0n) is 15.7. The Bertz CT molecular complexity index is 978. The van der Waals surface area contributed by atoms with Crippen LogP contribution in [0.3, 0.4) is 0 Å². The van der Waals surface area contributed by atoms with Gasteiger partial charge in [0.1, 0.15) is 5.76 Å². The van der Waals surface area contributed by atoms with Crippen molar-refractivity contribution in [2.24, 2.45) is 18.4 Å². The van der Waals surface area contributed by atoms with Crippen molar-refractivity contribution in [3.05, 3.63) is 41.5 Å². The van der Waals surface area contributed by atoms with E-state index in [1.165, 1.54) is 0 Å². The standard InChI is InChI=1S/C20H24N4O2/c1-20(2,3)12-5-8-17-14(9-12)18(23-26-17)19(25)22-13-6-7-15-16(10-13)24(4)11-21-15/h6-7,10-12H,5,8-9H2,1-4H3,(H,22,25)/t12-/m1/s1. The van der Waals surface area contributed by atoms with Gasteiger partial charge < -0.3 is 14.4 Å². The summed E-state index contributed by atoms with van der Waals surface area (Å²) in [6.07, 6.45) is 4.52. The highest BCUT2D eigenvalue weighted by atomic mass is 16.5. The first-order valence-corrected chi connectivity index (χ1v) is 9.03. The molecule has 1 aromatic carbocycles. The van der Waals surface area contributed by atoms with Crippen LogP contribution in [0.5, 0.6) is 0 Å². The molecule has 0 saturated carbocycles. The number of carbonyl (C=O) groups excluding carboxylic acids is 1. The van der Waals surface area contributed by atoms with Gasteiger partial charge in [0.2, 0.25) is 0 Å². The molecule has 0 unspecified atom stereocenters. The molecule has 3 aromatic rings. The summed E-state index contributed by atoms with van der Waals surface area (Å²) < 4.78 is 7.39. The molecular formula is C20H24N4O2. The minimum absolute atomic E-state index is 0.202. The van der Waals surface area contributed by atoms with Gasteiger partial charge in [0.25, 0.3) is 5.91 Å². The second-order valence-electron chi connectivity index (χ2n) is 8.25. The van der Waals surface area contributed by atoms with E-state index < -0.39 is 0 Å². The van der Waals surface area contributed by atoms with Gasteiger partial charge in [-0.15, -0.1) is 0 Å². The first kappa shape index (κ1) is 16.8. The number of amides is 1. The van der Waals surface area contributed by atoms with Crippen LogP contribution in [0.2, 0.25) is 0 Å². The first-order chi connectivity index (χ1) is 12.3. The monoisotopic (exact) mass is 352 g/mol. The summed E-state index contributed by atoms with van der Waals surface area (Å²) in [5.41, 5.74) is 4.18. The number of nitrogens with zero attached hydrogens (tertiary/aromatic N) is 3. The van der Waals surface area contributed by atoms with E-state index in [1.54, 1.807) is 6.33 Å². The summed E-state index contributed by atoms with van der Waals surface area (Å²) in [4.78, 5) is 17.1. The zero-order chi connectivity index (χ0) is 18.5. The number of aromatic nitrogens is 3. The summed E-state index contributed by atoms with van der Waals surface area (Å²) >= 11 is 0. The fraction of sp³-hybridized carbons (Fsp3) is 0.450. The number of benzene rings is 1. The maximum Gasteiger partial charge on any atom is 0.278 e. The molecule has 136 valence electrons. The molecule has 0 bridgehead atoms. The van der Waals surface area contributed by atoms with Crippen molar-refractivity contribution in [1.82, 2.24) is 14.7 Å². The van der Waals surface area contributed by atoms with Crippen LogP contribution in [0, 0.1) is 11.3 Å². The molecule has 2 heterocycles. The average molecular weight is 352 g/mol. The van der Waals surface area contributed by atoms with Gasteiger partial charge in [0.15, 0.2) is 5.69 Å². The molecular weight excluding hydrogens is 328 g/mol. The van der Waals surface area contributed by atoms with Gasteiger partial charge in [-0.05, 0) is 42.4 Å². The third-order valence-corrected chi connectivity index (χ3v) is 5.46. The number of anilines is 1. The smallest absolute Gasteiger partial charge is 0.278 e. The molecule has 4 rings (SSSR count). The Labute approximate surface area is 152 Å². The highest BCUT2D eigenvalue weighted by Crippen LogP contribution is 2.38. The lowest BCUT2D eigenvalue weighted by atomic mass is 9.71. The molecule has 2 aromatic heterocycles. The van der Waals surface area contributed by atoms with E-state index in [2.05, 4.69) is 36.2 Å². The fourth-order valence-corrected chi connectivity index (χ4v) is 3.72. The Morgan fingerprint density at radius 2 is 2.15 bits per heavy atom. The molecule has 6 heteroatoms. The van der Waals surface area contributed by atoms with E-state index in [0.717, 1.165) is 47.3 Å². The number of hydrogen-bond donors (Lipinski definition) is 1. The molecule has 1 atom stereocenters. The molecule has 0 aliphatic heterocycles. The topological polar surface area (TPSA) is 73.0 Å². The van der Waals surface area contributed by atoms with E-state index >= 15 is 0 Å². The Hall–Kier alpha value is -2.63. The van der Waals surface area contributed by atoms with E-state index in [1.807, 2.05) is 29.8 Å². The van der Waals surface area contributed by atoms with Crippen LogP contribution in [0.15, 0.2) is 29.0 Å². The molecule has 26 heavy (non-hydrogen) atoms. The molecule has 1 aliphatic rings. The number of hydrogen-bond acceptors (Lipinski definition) is 4. The molecule has 0 radical (unpaired) electrons. The Morgan fingerprint density at radius 3 is 2.92 bits per heavy atom. The molecule has 0 fully saturated rings. The fourth-order valence-electron chi connectivity index (χ4n) is 3.72. The third-order valence-electron chi connectivity index (χ3n) is 5.46. The van der Waals surface area contributed by atoms with Gasteiger partial charge in [-0.1, -0.05) is 25.9 Å². The summed E-state index contributed by atoms with van der Waals surface area (Å²) in [5, 5.41) is 7.03. The van der Waals surface area contributed by atoms with E-state index in [-0.39, 0.29) is 11.3 Å². The van der Waals surface area contributed by atoms with Crippen LogP contribution in [0.1, 0.15) is 49.0 Å². The summed E-state index contributed by atoms with van der Waals surface area (Å²) in [7, 11) is 1.93. The van der Waals surface area contributed by atoms with Crippen LogP contribution in [-0.4, -0.2) is 20.6 Å². The summed E-state index contributed by atoms with van der Waals surface area (Å²) in [6.45, 7) is 6.75. The maximum absolute atomic E-state index is 12.8. The lowest BCUT2D eigenvalue weighted by molar-refractivity contribution is 0.101. The normalized spacial score (nSPS) is 17.3. The van der Waals surface area contributed by atoms with Gasteiger partial charge in [0, 0.05) is 24.7 Å². The SMILES string of the molecule is Cn1cnc2ccc(NC(=O)c3noc4c3C[C@H](C(C)(C)C)CC4)cc21. The minimum Gasteiger partial charge on any atom is -0.360 e. The lowest BCUT2D eigenvalue weighted by Gasteiger charge is -2.33. The summed E-state index contributed by atoms with van der Waals surface area (Å²) in [5.74, 6) is 1.16. The quantitative estimate of drug-likeness (QED) is 0.757. The van der Waals surface area contributed by atoms with Gasteiger partial charge >= 0.3 is 0 Å². The number of rotatable bonds is 2. The Balaban J connectivity index is 1.59. The second-order valence-corrected chi connectivity index (χ2v) is 8.25. The highest BCUT2D eigenvalue weighted by Gasteiger charge is 2.34. The van der Waals surface area contributed by atoms with Crippen LogP contribution in [0.25, 0.3) is 11.0 Å². The number of nitrogens with one attached hydrogen (secondary N) is 1. The van der Waals surface area contributed by atoms with Gasteiger partial charge in [-0.3, -0.25) is 4.79 Å². The molecule has 1 N–H and O–H groups in total. The van der Waals surface area contributed by atoms with Crippen molar-refractivity contribution >= 4 is 22.6 Å². The van der Waals surface area contributed by atoms with Crippen LogP contribution in [0.4, 0.5) is 5.69 Å². The molecule has 1 aliphatic carbocycles. The molecule has 1 amide bonds. The van der Waals surface area contributed by atoms with Crippen molar-refractivity contribution in [1.29, 1.82) is 0 Å². The van der Waals surface area contributed by atoms with E-state index in [0.29, 0.717) is 11.6 Å². The molecule has 6 nitrogen and oxygen atoms in total. The lowest BCUT2D eigenvalue weighted by Crippen LogP contribution is -2.27. The van der Waals surface area contributed by atoms with Crippen LogP contribution in [-0.2, 0) is 19.9 Å². The Morgan fingerprint density at radius 1 is 1.35 bits per heavy atom. The molecule has 0 spiro atoms. The van der Waals surface area contributed by atoms with Crippen molar-refractivity contribution < 1.29 is 9.32 Å². The van der Waals surface area contributed by atoms with Gasteiger partial charge in [-0.25, -0.2) is 4.98 Å². The number of aryl methyl sites for hydroxylation is 2. The third kappa shape index (κ3) is 2.89. The van der Waals surface area contributed by atoms with Crippen molar-refractivity contribution in [2.45, 2.75) is 40.0 Å². The number of imidazole rings is 1. The minimum atomic E-state index is -0.217. The van der Waals surface area contributed by atoms with E-state index in [4.69, 9.17) is 4.52 Å².